The van der Waals surface area contributed by atoms with E-state index in [1.165, 1.54) is 19.5 Å². The van der Waals surface area contributed by atoms with E-state index in [4.69, 9.17) is 35.2 Å². The van der Waals surface area contributed by atoms with E-state index in [2.05, 4.69) is 62.0 Å². The van der Waals surface area contributed by atoms with Crippen molar-refractivity contribution < 1.29 is 71.5 Å². The van der Waals surface area contributed by atoms with Gasteiger partial charge in [0.2, 0.25) is 0 Å². The van der Waals surface area contributed by atoms with Crippen molar-refractivity contribution in [3.63, 3.8) is 0 Å². The molecule has 4 aliphatic rings. The molecule has 4 heterocycles. The molecular weight excluding hydrogens is 1000 g/mol. The topological polar surface area (TPSA) is 285 Å². The Kier molecular flexibility index (Phi) is 29.3. The molecule has 66 heavy (non-hydrogen) atoms. The first kappa shape index (κ1) is 62.6. The molecule has 4 aliphatic heterocycles. The highest BCUT2D eigenvalue weighted by Gasteiger charge is 2.41. The van der Waals surface area contributed by atoms with Crippen LogP contribution in [-0.2, 0) is 57.1 Å². The molecule has 0 saturated carbocycles. The minimum absolute atomic E-state index is 0.0255. The third-order valence-electron chi connectivity index (χ3n) is 8.69. The first-order valence-corrected chi connectivity index (χ1v) is 24.1. The summed E-state index contributed by atoms with van der Waals surface area (Å²) in [5, 5.41) is 10.1. The molecule has 0 aliphatic carbocycles. The molecule has 4 rings (SSSR count). The first-order chi connectivity index (χ1) is 30.4. The highest BCUT2D eigenvalue weighted by molar-refractivity contribution is 9.10. The average molecular weight is 1080 g/mol. The fraction of sp³-hybridized carbons (Fsp3) is 0.837. The zero-order valence-electron chi connectivity index (χ0n) is 41.1. The van der Waals surface area contributed by atoms with Crippen molar-refractivity contribution in [1.29, 1.82) is 0 Å². The largest absolute Gasteiger partial charge is 0.519 e. The Morgan fingerprint density at radius 1 is 0.545 bits per heavy atom. The lowest BCUT2D eigenvalue weighted by Gasteiger charge is -2.30. The van der Waals surface area contributed by atoms with Gasteiger partial charge in [-0.1, -0.05) is 31.9 Å². The Hall–Kier alpha value is -3.35. The summed E-state index contributed by atoms with van der Waals surface area (Å²) in [4.78, 5) is 79.3. The van der Waals surface area contributed by atoms with Crippen molar-refractivity contribution in [1.82, 2.24) is 20.9 Å². The minimum atomic E-state index is -1.06. The van der Waals surface area contributed by atoms with Crippen LogP contribution in [0, 0.1) is 0 Å². The van der Waals surface area contributed by atoms with Crippen molar-refractivity contribution in [2.45, 2.75) is 178 Å². The number of fused-ring (bicyclic) bond motifs is 4. The maximum Gasteiger partial charge on any atom is 0.519 e. The monoisotopic (exact) mass is 1080 g/mol. The number of likely N-dealkylation sites (tertiary alicyclic amines) is 1. The summed E-state index contributed by atoms with van der Waals surface area (Å²) in [6.07, 6.45) is 0.495. The van der Waals surface area contributed by atoms with Crippen molar-refractivity contribution in [3.8, 4) is 0 Å². The number of carbonyl (C=O) groups is 7. The van der Waals surface area contributed by atoms with Crippen LogP contribution in [0.25, 0.3) is 0 Å². The molecule has 4 fully saturated rings. The highest BCUT2D eigenvalue weighted by atomic mass is 79.9. The fourth-order valence-electron chi connectivity index (χ4n) is 5.96. The number of nitrogens with two attached hydrogens (primary N) is 2. The van der Waals surface area contributed by atoms with Gasteiger partial charge < -0.3 is 70.2 Å². The van der Waals surface area contributed by atoms with Gasteiger partial charge in [0.1, 0.15) is 38.5 Å². The Balaban J connectivity index is 0.000000811. The molecule has 1 amide bonds. The van der Waals surface area contributed by atoms with Crippen molar-refractivity contribution in [2.75, 3.05) is 52.6 Å². The van der Waals surface area contributed by atoms with E-state index in [1.54, 1.807) is 69.2 Å². The molecule has 0 radical (unpaired) electrons. The maximum absolute atomic E-state index is 11.7. The van der Waals surface area contributed by atoms with Crippen LogP contribution >= 0.6 is 31.9 Å². The number of amides is 1. The van der Waals surface area contributed by atoms with Gasteiger partial charge in [0.15, 0.2) is 0 Å². The van der Waals surface area contributed by atoms with E-state index in [-0.39, 0.29) is 43.3 Å². The van der Waals surface area contributed by atoms with Crippen LogP contribution < -0.4 is 27.4 Å². The van der Waals surface area contributed by atoms with Crippen molar-refractivity contribution >= 4 is 74.1 Å². The second kappa shape index (κ2) is 30.9. The maximum atomic E-state index is 11.7. The number of carbonyl (C=O) groups excluding carboxylic acids is 7. The third kappa shape index (κ3) is 28.7. The molecule has 384 valence electrons. The number of piperazine rings is 2. The molecule has 0 aromatic carbocycles. The van der Waals surface area contributed by atoms with Crippen molar-refractivity contribution in [3.05, 3.63) is 0 Å². The number of alkyl halides is 2. The van der Waals surface area contributed by atoms with Gasteiger partial charge in [-0.05, 0) is 116 Å². The second-order valence-electron chi connectivity index (χ2n) is 18.2. The van der Waals surface area contributed by atoms with Gasteiger partial charge >= 0.3 is 42.3 Å². The number of hydrogen-bond donors (Lipinski definition) is 5. The number of halogens is 2. The molecule has 0 aromatic heterocycles. The number of esters is 4. The number of rotatable bonds is 12. The summed E-state index contributed by atoms with van der Waals surface area (Å²) in [5.41, 5.74) is 9.18. The number of nitrogens with zero attached hydrogens (tertiary/aromatic N) is 1. The average Bonchev–Trinajstić information content (AvgIpc) is 4.02. The van der Waals surface area contributed by atoms with E-state index in [1.807, 2.05) is 25.7 Å². The molecule has 4 unspecified atom stereocenters. The molecule has 0 spiro atoms. The van der Waals surface area contributed by atoms with Crippen LogP contribution in [-0.4, -0.2) is 162 Å². The minimum Gasteiger partial charge on any atom is -0.465 e. The van der Waals surface area contributed by atoms with Crippen LogP contribution in [0.1, 0.15) is 116 Å². The predicted octanol–water partition coefficient (Wildman–Crippen LogP) is 4.35. The Morgan fingerprint density at radius 3 is 1.18 bits per heavy atom. The SMILES string of the molecule is C1NC2CNC1C2.CC(C)(C)OC(=O)N1CC2CC1CN2.CC(C)(C)OC(=O)OC(=O)OC(C)(C)C.CCOC(=O)[C@H](Br)C[C@H](Br)C(=O)OCC.CCOC(=O)[C@H](N)C[C@H](N)C(=O)OCC. The molecule has 4 bridgehead atoms. The van der Waals surface area contributed by atoms with Crippen LogP contribution in [0.3, 0.4) is 0 Å². The van der Waals surface area contributed by atoms with E-state index in [0.717, 1.165) is 31.6 Å². The van der Waals surface area contributed by atoms with Crippen LogP contribution in [0.15, 0.2) is 0 Å². The van der Waals surface area contributed by atoms with E-state index in [9.17, 15) is 33.6 Å². The number of ether oxygens (including phenoxy) is 8. The lowest BCUT2D eigenvalue weighted by atomic mass is 10.1. The fourth-order valence-corrected chi connectivity index (χ4v) is 7.47. The van der Waals surface area contributed by atoms with Crippen LogP contribution in [0.2, 0.25) is 0 Å². The Labute approximate surface area is 407 Å². The summed E-state index contributed by atoms with van der Waals surface area (Å²) in [5.74, 6) is -1.85. The van der Waals surface area contributed by atoms with Gasteiger partial charge in [-0.2, -0.15) is 0 Å². The second-order valence-corrected chi connectivity index (χ2v) is 20.4. The number of hydrogen-bond acceptors (Lipinski definition) is 20. The molecule has 21 nitrogen and oxygen atoms in total. The Bertz CT molecular complexity index is 1390. The van der Waals surface area contributed by atoms with Gasteiger partial charge in [0.05, 0.1) is 26.4 Å². The van der Waals surface area contributed by atoms with Crippen LogP contribution in [0.4, 0.5) is 14.4 Å². The van der Waals surface area contributed by atoms with Crippen LogP contribution in [0.5, 0.6) is 0 Å². The smallest absolute Gasteiger partial charge is 0.465 e. The summed E-state index contributed by atoms with van der Waals surface area (Å²) in [7, 11) is 0. The summed E-state index contributed by atoms with van der Waals surface area (Å²) >= 11 is 6.30. The quantitative estimate of drug-likeness (QED) is 0.0786. The van der Waals surface area contributed by atoms with Gasteiger partial charge in [-0.15, -0.1) is 0 Å². The predicted molar refractivity (Wildman–Crippen MR) is 252 cm³/mol. The standard InChI is InChI=1S/C10H18N2O2.C10H18O5.C9H14Br2O4.C9H18N2O4.C5H10N2/c1-10(2,3)14-9(13)12-6-7-4-8(12)5-11-7;1-9(2,3)14-7(11)13-8(12)15-10(4,5)6;2*1-3-14-8(12)6(10)5-7(11)9(13)15-4-2;1-4-2-6-5(1)3-7-4/h7-8,11H,4-6H2,1-3H3;1-6H3;6-7H,3-5H2,1-2H3;6-7H,3-5,10-11H2,1-2H3;4-7H,1-3H2/t;;2*6-,7+;. The third-order valence-corrected chi connectivity index (χ3v) is 10.2. The zero-order chi connectivity index (χ0) is 51.0. The van der Waals surface area contributed by atoms with Crippen molar-refractivity contribution in [2.24, 2.45) is 11.5 Å². The van der Waals surface area contributed by atoms with Gasteiger partial charge in [0, 0.05) is 50.3 Å². The molecule has 8 atom stereocenters. The van der Waals surface area contributed by atoms with E-state index in [0.29, 0.717) is 31.7 Å². The molecule has 7 N–H and O–H groups in total. The summed E-state index contributed by atoms with van der Waals surface area (Å²) in [6, 6.07) is 0.700. The van der Waals surface area contributed by atoms with E-state index >= 15 is 0 Å². The summed E-state index contributed by atoms with van der Waals surface area (Å²) in [6.45, 7) is 27.8. The zero-order valence-corrected chi connectivity index (χ0v) is 44.3. The van der Waals surface area contributed by atoms with E-state index < -0.39 is 57.2 Å². The first-order valence-electron chi connectivity index (χ1n) is 22.2. The lowest BCUT2D eigenvalue weighted by Crippen LogP contribution is -2.48. The Morgan fingerprint density at radius 2 is 0.909 bits per heavy atom. The van der Waals surface area contributed by atoms with Gasteiger partial charge in [-0.25, -0.2) is 14.4 Å². The van der Waals surface area contributed by atoms with Gasteiger partial charge in [0.25, 0.3) is 0 Å². The normalized spacial score (nSPS) is 20.8. The molecule has 4 saturated heterocycles. The molecule has 23 heteroatoms. The number of nitrogens with one attached hydrogen (secondary N) is 3. The molecule has 0 aromatic rings. The van der Waals surface area contributed by atoms with Gasteiger partial charge in [-0.3, -0.25) is 19.2 Å². The lowest BCUT2D eigenvalue weighted by molar-refractivity contribution is -0.148. The molecular formula is C43H78Br2N6O15. The summed E-state index contributed by atoms with van der Waals surface area (Å²) < 4.78 is 38.1. The highest BCUT2D eigenvalue weighted by Crippen LogP contribution is 2.25.